The van der Waals surface area contributed by atoms with Gasteiger partial charge >= 0.3 is 0 Å². The van der Waals surface area contributed by atoms with E-state index >= 15 is 0 Å². The highest BCUT2D eigenvalue weighted by Gasteiger charge is 2.28. The number of carbonyl (C=O) groups is 1. The van der Waals surface area contributed by atoms with Crippen molar-refractivity contribution in [2.45, 2.75) is 18.9 Å². The van der Waals surface area contributed by atoms with Crippen LogP contribution in [0.25, 0.3) is 0 Å². The minimum atomic E-state index is -0.646. The van der Waals surface area contributed by atoms with Crippen molar-refractivity contribution >= 4 is 29.1 Å². The van der Waals surface area contributed by atoms with E-state index in [2.05, 4.69) is 5.32 Å². The van der Waals surface area contributed by atoms with Gasteiger partial charge in [0, 0.05) is 17.3 Å². The summed E-state index contributed by atoms with van der Waals surface area (Å²) in [5.74, 6) is -0.383. The lowest BCUT2D eigenvalue weighted by molar-refractivity contribution is 0.0913. The maximum atomic E-state index is 13.0. The molecule has 0 saturated carbocycles. The molecular weight excluding hydrogens is 264 g/mol. The third kappa shape index (κ3) is 3.58. The Kier molecular flexibility index (Phi) is 5.22. The van der Waals surface area contributed by atoms with Gasteiger partial charge in [-0.25, -0.2) is 4.39 Å². The van der Waals surface area contributed by atoms with Gasteiger partial charge in [0.05, 0.1) is 5.54 Å². The number of amides is 1. The minimum absolute atomic E-state index is 0.216. The molecule has 0 fully saturated rings. The molecule has 0 aromatic heterocycles. The Balaban J connectivity index is 2.84. The van der Waals surface area contributed by atoms with E-state index in [1.807, 2.05) is 6.92 Å². The smallest absolute Gasteiger partial charge is 0.251 e. The van der Waals surface area contributed by atoms with Gasteiger partial charge in [0.1, 0.15) is 5.82 Å². The molecule has 5 heteroatoms. The number of rotatable bonds is 5. The van der Waals surface area contributed by atoms with E-state index in [9.17, 15) is 9.18 Å². The van der Waals surface area contributed by atoms with E-state index in [-0.39, 0.29) is 23.2 Å². The lowest BCUT2D eigenvalue weighted by Crippen LogP contribution is -2.51. The van der Waals surface area contributed by atoms with Crippen molar-refractivity contribution in [2.75, 3.05) is 11.8 Å². The summed E-state index contributed by atoms with van der Waals surface area (Å²) >= 11 is 11.6. The van der Waals surface area contributed by atoms with E-state index < -0.39 is 11.4 Å². The molecule has 0 bridgehead atoms. The Labute approximate surface area is 110 Å². The number of alkyl halides is 2. The summed E-state index contributed by atoms with van der Waals surface area (Å²) in [6, 6.07) is 5.49. The van der Waals surface area contributed by atoms with Crippen molar-refractivity contribution in [3.05, 3.63) is 35.6 Å². The van der Waals surface area contributed by atoms with Crippen LogP contribution in [-0.2, 0) is 0 Å². The topological polar surface area (TPSA) is 29.1 Å². The van der Waals surface area contributed by atoms with Crippen molar-refractivity contribution in [1.82, 2.24) is 5.32 Å². The maximum Gasteiger partial charge on any atom is 0.251 e. The first kappa shape index (κ1) is 14.3. The third-order valence-corrected chi connectivity index (χ3v) is 3.68. The number of hydrogen-bond donors (Lipinski definition) is 1. The molecule has 1 aromatic rings. The molecular formula is C12H14Cl2FNO. The molecule has 1 aromatic carbocycles. The van der Waals surface area contributed by atoms with E-state index in [1.54, 1.807) is 6.07 Å². The molecule has 0 aliphatic heterocycles. The van der Waals surface area contributed by atoms with Crippen LogP contribution in [0.3, 0.4) is 0 Å². The van der Waals surface area contributed by atoms with Gasteiger partial charge in [-0.2, -0.15) is 0 Å². The number of halogens is 3. The molecule has 0 heterocycles. The normalized spacial score (nSPS) is 11.3. The van der Waals surface area contributed by atoms with Crippen LogP contribution < -0.4 is 5.32 Å². The third-order valence-electron chi connectivity index (χ3n) is 2.65. The molecule has 0 atom stereocenters. The van der Waals surface area contributed by atoms with Gasteiger partial charge in [-0.15, -0.1) is 23.2 Å². The zero-order valence-electron chi connectivity index (χ0n) is 9.47. The van der Waals surface area contributed by atoms with Crippen LogP contribution in [0.1, 0.15) is 23.7 Å². The summed E-state index contributed by atoms with van der Waals surface area (Å²) < 4.78 is 13.0. The van der Waals surface area contributed by atoms with Crippen molar-refractivity contribution in [3.63, 3.8) is 0 Å². The lowest BCUT2D eigenvalue weighted by atomic mass is 10.0. The van der Waals surface area contributed by atoms with Gasteiger partial charge in [0.25, 0.3) is 5.91 Å². The number of nitrogens with one attached hydrogen (secondary N) is 1. The molecule has 1 amide bonds. The highest BCUT2D eigenvalue weighted by atomic mass is 35.5. The SMILES string of the molecule is CCC(CCl)(CCl)NC(=O)c1cccc(F)c1. The predicted octanol–water partition coefficient (Wildman–Crippen LogP) is 3.18. The molecule has 0 spiro atoms. The molecule has 1 rings (SSSR count). The fraction of sp³-hybridized carbons (Fsp3) is 0.417. The lowest BCUT2D eigenvalue weighted by Gasteiger charge is -2.29. The summed E-state index contributed by atoms with van der Waals surface area (Å²) in [6.07, 6.45) is 0.612. The van der Waals surface area contributed by atoms with Gasteiger partial charge in [0.2, 0.25) is 0 Å². The van der Waals surface area contributed by atoms with Crippen LogP contribution in [0.4, 0.5) is 4.39 Å². The van der Waals surface area contributed by atoms with Crippen LogP contribution in [0.5, 0.6) is 0 Å². The second kappa shape index (κ2) is 6.22. The minimum Gasteiger partial charge on any atom is -0.344 e. The number of hydrogen-bond acceptors (Lipinski definition) is 1. The fourth-order valence-electron chi connectivity index (χ4n) is 1.32. The van der Waals surface area contributed by atoms with Crippen LogP contribution >= 0.6 is 23.2 Å². The molecule has 0 aliphatic rings. The molecule has 0 aliphatic carbocycles. The monoisotopic (exact) mass is 277 g/mol. The average molecular weight is 278 g/mol. The largest absolute Gasteiger partial charge is 0.344 e. The summed E-state index contributed by atoms with van der Waals surface area (Å²) in [7, 11) is 0. The first-order valence-electron chi connectivity index (χ1n) is 5.27. The summed E-state index contributed by atoms with van der Waals surface area (Å²) in [5, 5.41) is 2.75. The second-order valence-electron chi connectivity index (χ2n) is 3.87. The standard InChI is InChI=1S/C12H14Cl2FNO/c1-2-12(7-13,8-14)16-11(17)9-4-3-5-10(15)6-9/h3-6H,2,7-8H2,1H3,(H,16,17). The molecule has 94 valence electrons. The number of benzene rings is 1. The Morgan fingerprint density at radius 2 is 2.06 bits per heavy atom. The van der Waals surface area contributed by atoms with E-state index in [0.717, 1.165) is 0 Å². The summed E-state index contributed by atoms with van der Waals surface area (Å²) in [4.78, 5) is 11.9. The van der Waals surface area contributed by atoms with Crippen molar-refractivity contribution < 1.29 is 9.18 Å². The molecule has 1 N–H and O–H groups in total. The predicted molar refractivity (Wildman–Crippen MR) is 68.3 cm³/mol. The Bertz CT molecular complexity index is 386. The van der Waals surface area contributed by atoms with Gasteiger partial charge < -0.3 is 5.32 Å². The Hall–Kier alpha value is -0.800. The van der Waals surface area contributed by atoms with Gasteiger partial charge in [-0.05, 0) is 24.6 Å². The maximum absolute atomic E-state index is 13.0. The van der Waals surface area contributed by atoms with Crippen molar-refractivity contribution in [3.8, 4) is 0 Å². The number of carbonyl (C=O) groups excluding carboxylic acids is 1. The van der Waals surface area contributed by atoms with Gasteiger partial charge in [-0.3, -0.25) is 4.79 Å². The summed E-state index contributed by atoms with van der Waals surface area (Å²) in [6.45, 7) is 1.89. The van der Waals surface area contributed by atoms with Gasteiger partial charge in [-0.1, -0.05) is 13.0 Å². The quantitative estimate of drug-likeness (QED) is 0.823. The highest BCUT2D eigenvalue weighted by molar-refractivity contribution is 6.22. The van der Waals surface area contributed by atoms with Crippen LogP contribution in [0.15, 0.2) is 24.3 Å². The molecule has 2 nitrogen and oxygen atoms in total. The van der Waals surface area contributed by atoms with Crippen molar-refractivity contribution in [2.24, 2.45) is 0 Å². The average Bonchev–Trinajstić information content (AvgIpc) is 2.36. The zero-order chi connectivity index (χ0) is 12.9. The second-order valence-corrected chi connectivity index (χ2v) is 4.40. The van der Waals surface area contributed by atoms with Crippen LogP contribution in [0.2, 0.25) is 0 Å². The molecule has 0 saturated heterocycles. The zero-order valence-corrected chi connectivity index (χ0v) is 11.0. The summed E-state index contributed by atoms with van der Waals surface area (Å²) in [5.41, 5.74) is -0.384. The molecule has 0 unspecified atom stereocenters. The van der Waals surface area contributed by atoms with E-state index in [0.29, 0.717) is 6.42 Å². The first-order valence-corrected chi connectivity index (χ1v) is 6.34. The highest BCUT2D eigenvalue weighted by Crippen LogP contribution is 2.16. The molecule has 17 heavy (non-hydrogen) atoms. The Morgan fingerprint density at radius 3 is 2.53 bits per heavy atom. The Morgan fingerprint density at radius 1 is 1.41 bits per heavy atom. The van der Waals surface area contributed by atoms with Gasteiger partial charge in [0.15, 0.2) is 0 Å². The van der Waals surface area contributed by atoms with Crippen LogP contribution in [0, 0.1) is 5.82 Å². The van der Waals surface area contributed by atoms with Crippen molar-refractivity contribution in [1.29, 1.82) is 0 Å². The first-order chi connectivity index (χ1) is 8.06. The fourth-order valence-corrected chi connectivity index (χ4v) is 2.12. The van der Waals surface area contributed by atoms with Crippen LogP contribution in [-0.4, -0.2) is 23.2 Å². The van der Waals surface area contributed by atoms with E-state index in [1.165, 1.54) is 18.2 Å². The van der Waals surface area contributed by atoms with E-state index in [4.69, 9.17) is 23.2 Å². The molecule has 0 radical (unpaired) electrons.